The lowest BCUT2D eigenvalue weighted by atomic mass is 9.90. The summed E-state index contributed by atoms with van der Waals surface area (Å²) in [5.74, 6) is 1.08. The predicted octanol–water partition coefficient (Wildman–Crippen LogP) is 4.97. The van der Waals surface area contributed by atoms with Gasteiger partial charge in [-0.3, -0.25) is 4.79 Å². The number of ketones is 1. The van der Waals surface area contributed by atoms with Gasteiger partial charge in [0, 0.05) is 17.7 Å². The van der Waals surface area contributed by atoms with E-state index in [0.29, 0.717) is 6.42 Å². The van der Waals surface area contributed by atoms with Crippen LogP contribution in [-0.2, 0) is 4.79 Å². The fourth-order valence-corrected chi connectivity index (χ4v) is 3.00. The number of methoxy groups -OCH3 is 1. The molecule has 124 valence electrons. The van der Waals surface area contributed by atoms with Crippen LogP contribution in [0.4, 0.5) is 5.69 Å². The Morgan fingerprint density at radius 3 is 2.25 bits per heavy atom. The highest BCUT2D eigenvalue weighted by Gasteiger charge is 2.20. The third kappa shape index (κ3) is 3.67. The Bertz CT molecular complexity index is 742. The van der Waals surface area contributed by atoms with Crippen LogP contribution in [0.15, 0.2) is 54.1 Å². The zero-order valence-corrected chi connectivity index (χ0v) is 14.3. The Balaban J connectivity index is 1.99. The van der Waals surface area contributed by atoms with Crippen LogP contribution < -0.4 is 10.1 Å². The van der Waals surface area contributed by atoms with E-state index in [9.17, 15) is 4.79 Å². The van der Waals surface area contributed by atoms with Crippen molar-refractivity contribution in [3.8, 4) is 5.75 Å². The minimum atomic E-state index is 0.262. The normalized spacial score (nSPS) is 16.7. The van der Waals surface area contributed by atoms with Crippen LogP contribution in [0.3, 0.4) is 0 Å². The van der Waals surface area contributed by atoms with Gasteiger partial charge in [0.05, 0.1) is 12.8 Å². The predicted molar refractivity (Wildman–Crippen MR) is 98.2 cm³/mol. The molecule has 0 heterocycles. The summed E-state index contributed by atoms with van der Waals surface area (Å²) in [4.78, 5) is 12.4. The fourth-order valence-electron chi connectivity index (χ4n) is 3.00. The Morgan fingerprint density at radius 2 is 1.62 bits per heavy atom. The quantitative estimate of drug-likeness (QED) is 0.808. The third-order valence-corrected chi connectivity index (χ3v) is 4.42. The number of aryl methyl sites for hydroxylation is 1. The van der Waals surface area contributed by atoms with E-state index in [1.165, 1.54) is 5.56 Å². The van der Waals surface area contributed by atoms with E-state index in [4.69, 9.17) is 4.74 Å². The monoisotopic (exact) mass is 321 g/mol. The van der Waals surface area contributed by atoms with E-state index in [1.807, 2.05) is 24.3 Å². The number of carbonyl (C=O) groups is 1. The van der Waals surface area contributed by atoms with Gasteiger partial charge in [-0.05, 0) is 56.0 Å². The fraction of sp³-hybridized carbons (Fsp3) is 0.286. The van der Waals surface area contributed by atoms with E-state index >= 15 is 0 Å². The Labute approximate surface area is 143 Å². The minimum Gasteiger partial charge on any atom is -0.497 e. The molecule has 1 N–H and O–H groups in total. The standard InChI is InChI=1S/C21H23NO2/c1-15-7-9-16(10-8-15)21(19-5-3-4-6-20(19)23)22-17-11-13-18(24-2)14-12-17/h7-14,22H,3-6H2,1-2H3/b21-19-. The molecule has 0 atom stereocenters. The van der Waals surface area contributed by atoms with Gasteiger partial charge in [-0.1, -0.05) is 29.8 Å². The summed E-state index contributed by atoms with van der Waals surface area (Å²) in [7, 11) is 1.66. The van der Waals surface area contributed by atoms with Crippen molar-refractivity contribution in [1.29, 1.82) is 0 Å². The second kappa shape index (κ2) is 7.35. The maximum absolute atomic E-state index is 12.4. The molecule has 0 saturated heterocycles. The number of allylic oxidation sites excluding steroid dienone is 1. The van der Waals surface area contributed by atoms with E-state index in [2.05, 4.69) is 36.5 Å². The van der Waals surface area contributed by atoms with Crippen LogP contribution in [-0.4, -0.2) is 12.9 Å². The summed E-state index contributed by atoms with van der Waals surface area (Å²) in [6.45, 7) is 2.07. The molecule has 0 unspecified atom stereocenters. The number of Topliss-reactive ketones (excluding diaryl/α,β-unsaturated/α-hetero) is 1. The van der Waals surface area contributed by atoms with Gasteiger partial charge in [-0.2, -0.15) is 0 Å². The molecule has 3 nitrogen and oxygen atoms in total. The Morgan fingerprint density at radius 1 is 0.958 bits per heavy atom. The SMILES string of the molecule is COc1ccc(N/C(=C2/CCCCC2=O)c2ccc(C)cc2)cc1. The van der Waals surface area contributed by atoms with Crippen molar-refractivity contribution < 1.29 is 9.53 Å². The molecule has 2 aromatic carbocycles. The Kier molecular flexibility index (Phi) is 4.99. The van der Waals surface area contributed by atoms with E-state index in [0.717, 1.165) is 47.5 Å². The summed E-state index contributed by atoms with van der Waals surface area (Å²) >= 11 is 0. The van der Waals surface area contributed by atoms with E-state index in [-0.39, 0.29) is 5.78 Å². The molecule has 0 aromatic heterocycles. The molecule has 1 fully saturated rings. The molecule has 2 aromatic rings. The molecular weight excluding hydrogens is 298 g/mol. The summed E-state index contributed by atoms with van der Waals surface area (Å²) in [6, 6.07) is 16.1. The molecule has 0 bridgehead atoms. The topological polar surface area (TPSA) is 38.3 Å². The molecule has 1 aliphatic rings. The highest BCUT2D eigenvalue weighted by atomic mass is 16.5. The number of anilines is 1. The summed E-state index contributed by atoms with van der Waals surface area (Å²) in [6.07, 6.45) is 3.55. The van der Waals surface area contributed by atoms with Crippen molar-refractivity contribution in [2.75, 3.05) is 12.4 Å². The number of rotatable bonds is 4. The lowest BCUT2D eigenvalue weighted by molar-refractivity contribution is -0.116. The number of nitrogens with one attached hydrogen (secondary N) is 1. The van der Waals surface area contributed by atoms with Crippen molar-refractivity contribution in [2.45, 2.75) is 32.6 Å². The van der Waals surface area contributed by atoms with Crippen molar-refractivity contribution in [3.63, 3.8) is 0 Å². The molecule has 0 spiro atoms. The molecule has 0 aliphatic heterocycles. The zero-order chi connectivity index (χ0) is 16.9. The maximum Gasteiger partial charge on any atom is 0.160 e. The van der Waals surface area contributed by atoms with Crippen LogP contribution in [0.25, 0.3) is 5.70 Å². The molecular formula is C21H23NO2. The maximum atomic E-state index is 12.4. The second-order valence-corrected chi connectivity index (χ2v) is 6.20. The van der Waals surface area contributed by atoms with Crippen molar-refractivity contribution >= 4 is 17.2 Å². The van der Waals surface area contributed by atoms with Crippen LogP contribution in [0, 0.1) is 6.92 Å². The number of ether oxygens (including phenoxy) is 1. The first kappa shape index (κ1) is 16.3. The second-order valence-electron chi connectivity index (χ2n) is 6.20. The molecule has 24 heavy (non-hydrogen) atoms. The van der Waals surface area contributed by atoms with Gasteiger partial charge in [-0.25, -0.2) is 0 Å². The van der Waals surface area contributed by atoms with Crippen LogP contribution >= 0.6 is 0 Å². The van der Waals surface area contributed by atoms with Crippen LogP contribution in [0.2, 0.25) is 0 Å². The number of hydrogen-bond acceptors (Lipinski definition) is 3. The molecule has 3 heteroatoms. The average Bonchev–Trinajstić information content (AvgIpc) is 2.62. The highest BCUT2D eigenvalue weighted by molar-refractivity contribution is 6.05. The molecule has 1 saturated carbocycles. The van der Waals surface area contributed by atoms with Gasteiger partial charge in [0.2, 0.25) is 0 Å². The minimum absolute atomic E-state index is 0.262. The molecule has 1 aliphatic carbocycles. The van der Waals surface area contributed by atoms with E-state index in [1.54, 1.807) is 7.11 Å². The summed E-state index contributed by atoms with van der Waals surface area (Å²) < 4.78 is 5.21. The third-order valence-electron chi connectivity index (χ3n) is 4.42. The average molecular weight is 321 g/mol. The van der Waals surface area contributed by atoms with E-state index < -0.39 is 0 Å². The highest BCUT2D eigenvalue weighted by Crippen LogP contribution is 2.30. The van der Waals surface area contributed by atoms with Crippen molar-refractivity contribution in [2.24, 2.45) is 0 Å². The Hall–Kier alpha value is -2.55. The zero-order valence-electron chi connectivity index (χ0n) is 14.3. The lowest BCUT2D eigenvalue weighted by Crippen LogP contribution is -2.14. The van der Waals surface area contributed by atoms with Crippen LogP contribution in [0.1, 0.15) is 36.8 Å². The van der Waals surface area contributed by atoms with Gasteiger partial charge in [-0.15, -0.1) is 0 Å². The number of benzene rings is 2. The number of hydrogen-bond donors (Lipinski definition) is 1. The van der Waals surface area contributed by atoms with Crippen LogP contribution in [0.5, 0.6) is 5.75 Å². The van der Waals surface area contributed by atoms with Crippen molar-refractivity contribution in [3.05, 3.63) is 65.2 Å². The first-order valence-electron chi connectivity index (χ1n) is 8.42. The molecule has 0 radical (unpaired) electrons. The molecule has 3 rings (SSSR count). The first-order chi connectivity index (χ1) is 11.7. The van der Waals surface area contributed by atoms with Gasteiger partial charge < -0.3 is 10.1 Å². The summed E-state index contributed by atoms with van der Waals surface area (Å²) in [5, 5.41) is 3.47. The molecule has 0 amide bonds. The van der Waals surface area contributed by atoms with Gasteiger partial charge in [0.25, 0.3) is 0 Å². The smallest absolute Gasteiger partial charge is 0.160 e. The van der Waals surface area contributed by atoms with Gasteiger partial charge in [0.1, 0.15) is 5.75 Å². The first-order valence-corrected chi connectivity index (χ1v) is 8.42. The van der Waals surface area contributed by atoms with Gasteiger partial charge in [0.15, 0.2) is 5.78 Å². The number of carbonyl (C=O) groups excluding carboxylic acids is 1. The largest absolute Gasteiger partial charge is 0.497 e. The van der Waals surface area contributed by atoms with Gasteiger partial charge >= 0.3 is 0 Å². The summed E-state index contributed by atoms with van der Waals surface area (Å²) in [5.41, 5.74) is 5.08. The lowest BCUT2D eigenvalue weighted by Gasteiger charge is -2.20. The van der Waals surface area contributed by atoms with Crippen molar-refractivity contribution in [1.82, 2.24) is 0 Å².